The molecule has 5 heteroatoms. The summed E-state index contributed by atoms with van der Waals surface area (Å²) in [5.74, 6) is 2.48. The molecular formula is C14H17N3O2. The minimum atomic E-state index is -0.277. The zero-order chi connectivity index (χ0) is 13.7. The van der Waals surface area contributed by atoms with Crippen LogP contribution in [0.1, 0.15) is 12.8 Å². The van der Waals surface area contributed by atoms with E-state index in [2.05, 4.69) is 21.1 Å². The number of aromatic nitrogens is 1. The van der Waals surface area contributed by atoms with Crippen LogP contribution in [0, 0.1) is 18.3 Å². The minimum Gasteiger partial charge on any atom is -0.327 e. The average molecular weight is 259 g/mol. The van der Waals surface area contributed by atoms with Gasteiger partial charge in [0.1, 0.15) is 5.69 Å². The maximum absolute atomic E-state index is 12.1. The van der Waals surface area contributed by atoms with E-state index in [9.17, 15) is 9.59 Å². The van der Waals surface area contributed by atoms with Crippen LogP contribution in [0.15, 0.2) is 23.1 Å². The van der Waals surface area contributed by atoms with Crippen LogP contribution in [0.5, 0.6) is 0 Å². The molecule has 1 saturated heterocycles. The second-order valence-corrected chi connectivity index (χ2v) is 4.66. The number of hydrogen-bond donors (Lipinski definition) is 2. The molecule has 0 bridgehead atoms. The first kappa shape index (κ1) is 13.4. The number of terminal acetylenes is 1. The van der Waals surface area contributed by atoms with Gasteiger partial charge < -0.3 is 10.3 Å². The summed E-state index contributed by atoms with van der Waals surface area (Å²) < 4.78 is 0. The van der Waals surface area contributed by atoms with Crippen molar-refractivity contribution in [2.45, 2.75) is 12.8 Å². The summed E-state index contributed by atoms with van der Waals surface area (Å²) in [6.45, 7) is 2.29. The van der Waals surface area contributed by atoms with Crippen molar-refractivity contribution in [1.82, 2.24) is 9.88 Å². The van der Waals surface area contributed by atoms with Gasteiger partial charge in [-0.2, -0.15) is 0 Å². The quantitative estimate of drug-likeness (QED) is 0.784. The average Bonchev–Trinajstić information content (AvgIpc) is 2.42. The van der Waals surface area contributed by atoms with Gasteiger partial charge in [0.05, 0.1) is 6.54 Å². The molecule has 0 unspecified atom stereocenters. The number of pyridine rings is 1. The Morgan fingerprint density at radius 3 is 2.89 bits per heavy atom. The molecule has 0 spiro atoms. The third kappa shape index (κ3) is 3.46. The Hall–Kier alpha value is -2.06. The molecule has 2 N–H and O–H groups in total. The number of nitrogens with zero attached hydrogens (tertiary/aromatic N) is 1. The fourth-order valence-corrected chi connectivity index (χ4v) is 2.24. The Kier molecular flexibility index (Phi) is 4.37. The highest BCUT2D eigenvalue weighted by atomic mass is 16.2. The second kappa shape index (κ2) is 6.21. The Morgan fingerprint density at radius 1 is 1.53 bits per heavy atom. The van der Waals surface area contributed by atoms with E-state index in [0.29, 0.717) is 12.2 Å². The lowest BCUT2D eigenvalue weighted by Crippen LogP contribution is -2.38. The van der Waals surface area contributed by atoms with Gasteiger partial charge in [0.15, 0.2) is 0 Å². The lowest BCUT2D eigenvalue weighted by atomic mass is 9.96. The zero-order valence-electron chi connectivity index (χ0n) is 10.7. The van der Waals surface area contributed by atoms with Gasteiger partial charge >= 0.3 is 0 Å². The van der Waals surface area contributed by atoms with Crippen molar-refractivity contribution in [2.75, 3.05) is 25.0 Å². The van der Waals surface area contributed by atoms with E-state index in [0.717, 1.165) is 25.9 Å². The van der Waals surface area contributed by atoms with Crippen molar-refractivity contribution >= 4 is 11.6 Å². The fourth-order valence-electron chi connectivity index (χ4n) is 2.24. The van der Waals surface area contributed by atoms with E-state index in [-0.39, 0.29) is 17.4 Å². The van der Waals surface area contributed by atoms with Gasteiger partial charge in [-0.3, -0.25) is 14.5 Å². The number of carbonyl (C=O) groups is 1. The largest absolute Gasteiger partial charge is 0.327 e. The van der Waals surface area contributed by atoms with Crippen LogP contribution < -0.4 is 10.9 Å². The van der Waals surface area contributed by atoms with Crippen molar-refractivity contribution in [1.29, 1.82) is 0 Å². The summed E-state index contributed by atoms with van der Waals surface area (Å²) in [5, 5.41) is 2.69. The van der Waals surface area contributed by atoms with Crippen LogP contribution in [-0.4, -0.2) is 35.4 Å². The number of nitrogens with one attached hydrogen (secondary N) is 2. The molecular weight excluding hydrogens is 242 g/mol. The summed E-state index contributed by atoms with van der Waals surface area (Å²) in [6.07, 6.45) is 8.35. The van der Waals surface area contributed by atoms with Crippen LogP contribution in [0.2, 0.25) is 0 Å². The molecule has 1 aromatic heterocycles. The Balaban J connectivity index is 1.90. The van der Waals surface area contributed by atoms with Crippen LogP contribution >= 0.6 is 0 Å². The van der Waals surface area contributed by atoms with Gasteiger partial charge in [-0.05, 0) is 38.1 Å². The molecule has 1 aromatic rings. The Bertz CT molecular complexity index is 536. The van der Waals surface area contributed by atoms with Crippen molar-refractivity contribution in [3.8, 4) is 12.3 Å². The Labute approximate surface area is 112 Å². The second-order valence-electron chi connectivity index (χ2n) is 4.66. The predicted molar refractivity (Wildman–Crippen MR) is 73.7 cm³/mol. The first-order valence-corrected chi connectivity index (χ1v) is 6.35. The fraction of sp³-hybridized carbons (Fsp3) is 0.429. The van der Waals surface area contributed by atoms with Crippen molar-refractivity contribution in [2.24, 2.45) is 5.92 Å². The van der Waals surface area contributed by atoms with E-state index in [1.165, 1.54) is 6.20 Å². The maximum Gasteiger partial charge on any atom is 0.271 e. The molecule has 0 aliphatic carbocycles. The summed E-state index contributed by atoms with van der Waals surface area (Å²) in [6, 6.07) is 3.29. The number of likely N-dealkylation sites (tertiary alicyclic amines) is 1. The smallest absolute Gasteiger partial charge is 0.271 e. The van der Waals surface area contributed by atoms with Gasteiger partial charge in [-0.15, -0.1) is 6.42 Å². The molecule has 1 fully saturated rings. The third-order valence-electron chi connectivity index (χ3n) is 3.35. The lowest BCUT2D eigenvalue weighted by Gasteiger charge is -2.29. The van der Waals surface area contributed by atoms with E-state index in [1.807, 2.05) is 0 Å². The van der Waals surface area contributed by atoms with Crippen LogP contribution in [0.3, 0.4) is 0 Å². The van der Waals surface area contributed by atoms with E-state index in [1.54, 1.807) is 12.1 Å². The highest BCUT2D eigenvalue weighted by molar-refractivity contribution is 5.92. The first-order chi connectivity index (χ1) is 9.20. The molecule has 2 heterocycles. The summed E-state index contributed by atoms with van der Waals surface area (Å²) in [5.41, 5.74) is 0.0270. The maximum atomic E-state index is 12.1. The molecule has 1 amide bonds. The molecule has 2 rings (SSSR count). The number of anilines is 1. The number of piperidine rings is 1. The van der Waals surface area contributed by atoms with Gasteiger partial charge in [0, 0.05) is 12.1 Å². The highest BCUT2D eigenvalue weighted by Crippen LogP contribution is 2.18. The van der Waals surface area contributed by atoms with Crippen LogP contribution in [0.25, 0.3) is 0 Å². The highest BCUT2D eigenvalue weighted by Gasteiger charge is 2.24. The lowest BCUT2D eigenvalue weighted by molar-refractivity contribution is -0.121. The number of hydrogen-bond acceptors (Lipinski definition) is 3. The van der Waals surface area contributed by atoms with Gasteiger partial charge in [0.25, 0.3) is 5.56 Å². The normalized spacial score (nSPS) is 16.8. The first-order valence-electron chi connectivity index (χ1n) is 6.35. The molecule has 19 heavy (non-hydrogen) atoms. The van der Waals surface area contributed by atoms with Gasteiger partial charge in [-0.1, -0.05) is 5.92 Å². The van der Waals surface area contributed by atoms with E-state index < -0.39 is 0 Å². The topological polar surface area (TPSA) is 65.2 Å². The number of carbonyl (C=O) groups excluding carboxylic acids is 1. The van der Waals surface area contributed by atoms with E-state index in [4.69, 9.17) is 6.42 Å². The Morgan fingerprint density at radius 2 is 2.26 bits per heavy atom. The summed E-state index contributed by atoms with van der Waals surface area (Å²) in [7, 11) is 0. The SMILES string of the molecule is C#CCN1CCC(C(=O)Nc2ccc[nH]c2=O)CC1. The molecule has 1 aliphatic heterocycles. The van der Waals surface area contributed by atoms with Crippen molar-refractivity contribution < 1.29 is 4.79 Å². The van der Waals surface area contributed by atoms with E-state index >= 15 is 0 Å². The number of H-pyrrole nitrogens is 1. The van der Waals surface area contributed by atoms with Gasteiger partial charge in [0.2, 0.25) is 5.91 Å². The predicted octanol–water partition coefficient (Wildman–Crippen LogP) is 0.659. The van der Waals surface area contributed by atoms with Crippen molar-refractivity contribution in [3.05, 3.63) is 28.7 Å². The zero-order valence-corrected chi connectivity index (χ0v) is 10.7. The minimum absolute atomic E-state index is 0.0476. The molecule has 5 nitrogen and oxygen atoms in total. The molecule has 0 atom stereocenters. The third-order valence-corrected chi connectivity index (χ3v) is 3.35. The van der Waals surface area contributed by atoms with Crippen molar-refractivity contribution in [3.63, 3.8) is 0 Å². The molecule has 0 aromatic carbocycles. The summed E-state index contributed by atoms with van der Waals surface area (Å²) in [4.78, 5) is 28.2. The molecule has 1 aliphatic rings. The number of aromatic amines is 1. The molecule has 100 valence electrons. The number of rotatable bonds is 3. The standard InChI is InChI=1S/C14H17N3O2/c1-2-8-17-9-5-11(6-10-17)13(18)16-12-4-3-7-15-14(12)19/h1,3-4,7,11H,5-6,8-10H2,(H,15,19)(H,16,18). The summed E-state index contributed by atoms with van der Waals surface area (Å²) >= 11 is 0. The van der Waals surface area contributed by atoms with Gasteiger partial charge in [-0.25, -0.2) is 0 Å². The van der Waals surface area contributed by atoms with Crippen LogP contribution in [0.4, 0.5) is 5.69 Å². The monoisotopic (exact) mass is 259 g/mol. The molecule has 0 radical (unpaired) electrons. The number of amides is 1. The van der Waals surface area contributed by atoms with Crippen LogP contribution in [-0.2, 0) is 4.79 Å². The molecule has 0 saturated carbocycles.